The zero-order valence-electron chi connectivity index (χ0n) is 12.0. The number of hydroxylamine groups is 1. The minimum Gasteiger partial charge on any atom is -0.506 e. The zero-order chi connectivity index (χ0) is 17.7. The highest BCUT2D eigenvalue weighted by molar-refractivity contribution is 9.11. The molecule has 0 bridgehead atoms. The summed E-state index contributed by atoms with van der Waals surface area (Å²) in [6.07, 6.45) is 1.40. The van der Waals surface area contributed by atoms with E-state index >= 15 is 0 Å². The van der Waals surface area contributed by atoms with Gasteiger partial charge in [0.15, 0.2) is 0 Å². The molecular weight excluding hydrogens is 446 g/mol. The topological polar surface area (TPSA) is 111 Å². The molecule has 0 aliphatic rings. The van der Waals surface area contributed by atoms with Gasteiger partial charge in [0.1, 0.15) is 5.75 Å². The number of rotatable bonds is 4. The Morgan fingerprint density at radius 2 is 1.62 bits per heavy atom. The molecule has 2 aromatic rings. The van der Waals surface area contributed by atoms with Crippen molar-refractivity contribution in [3.8, 4) is 5.75 Å². The number of phenolic OH excluding ortho intramolecular Hbond substituents is 1. The third kappa shape index (κ3) is 4.40. The first-order valence-corrected chi connectivity index (χ1v) is 8.07. The van der Waals surface area contributed by atoms with Gasteiger partial charge in [0.2, 0.25) is 0 Å². The van der Waals surface area contributed by atoms with E-state index in [-0.39, 0.29) is 16.9 Å². The Hall–Kier alpha value is -2.23. The van der Waals surface area contributed by atoms with Crippen LogP contribution >= 0.6 is 31.9 Å². The van der Waals surface area contributed by atoms with E-state index in [1.165, 1.54) is 36.0 Å². The SMILES string of the molecule is O=C(NO)c1cccc(C(=O)N/N=C/c2cc(Br)c(O)c(Br)c2)c1. The summed E-state index contributed by atoms with van der Waals surface area (Å²) in [6.45, 7) is 0. The molecule has 0 aliphatic carbocycles. The Labute approximate surface area is 153 Å². The maximum atomic E-state index is 12.0. The summed E-state index contributed by atoms with van der Waals surface area (Å²) in [6, 6.07) is 9.05. The Kier molecular flexibility index (Phi) is 6.07. The van der Waals surface area contributed by atoms with Crippen LogP contribution in [0.3, 0.4) is 0 Å². The molecule has 2 aromatic carbocycles. The largest absolute Gasteiger partial charge is 0.506 e. The first kappa shape index (κ1) is 18.1. The summed E-state index contributed by atoms with van der Waals surface area (Å²) in [5.74, 6) is -1.17. The fourth-order valence-electron chi connectivity index (χ4n) is 1.76. The van der Waals surface area contributed by atoms with Gasteiger partial charge in [0.25, 0.3) is 11.8 Å². The second-order valence-corrected chi connectivity index (χ2v) is 6.26. The highest BCUT2D eigenvalue weighted by Gasteiger charge is 2.09. The summed E-state index contributed by atoms with van der Waals surface area (Å²) in [5.41, 5.74) is 4.81. The van der Waals surface area contributed by atoms with Crippen molar-refractivity contribution in [2.75, 3.05) is 0 Å². The lowest BCUT2D eigenvalue weighted by Gasteiger charge is -2.04. The summed E-state index contributed by atoms with van der Waals surface area (Å²) in [5, 5.41) is 22.1. The lowest BCUT2D eigenvalue weighted by atomic mass is 10.1. The molecular formula is C15H11Br2N3O4. The molecule has 24 heavy (non-hydrogen) atoms. The highest BCUT2D eigenvalue weighted by Crippen LogP contribution is 2.32. The van der Waals surface area contributed by atoms with Crippen molar-refractivity contribution in [1.82, 2.24) is 10.9 Å². The van der Waals surface area contributed by atoms with Crippen molar-refractivity contribution in [2.45, 2.75) is 0 Å². The molecule has 0 saturated heterocycles. The monoisotopic (exact) mass is 455 g/mol. The van der Waals surface area contributed by atoms with Crippen LogP contribution in [-0.2, 0) is 0 Å². The lowest BCUT2D eigenvalue weighted by Crippen LogP contribution is -2.21. The number of carbonyl (C=O) groups is 2. The van der Waals surface area contributed by atoms with Gasteiger partial charge in [0, 0.05) is 11.1 Å². The Balaban J connectivity index is 2.09. The summed E-state index contributed by atoms with van der Waals surface area (Å²) < 4.78 is 0.958. The van der Waals surface area contributed by atoms with Gasteiger partial charge in [-0.25, -0.2) is 10.9 Å². The van der Waals surface area contributed by atoms with Crippen LogP contribution in [-0.4, -0.2) is 28.3 Å². The number of hydrogen-bond acceptors (Lipinski definition) is 5. The van der Waals surface area contributed by atoms with Crippen LogP contribution in [0.15, 0.2) is 50.4 Å². The number of hydrazone groups is 1. The van der Waals surface area contributed by atoms with Crippen LogP contribution in [0.25, 0.3) is 0 Å². The summed E-state index contributed by atoms with van der Waals surface area (Å²) in [7, 11) is 0. The molecule has 0 unspecified atom stereocenters. The van der Waals surface area contributed by atoms with E-state index in [2.05, 4.69) is 42.4 Å². The van der Waals surface area contributed by atoms with Gasteiger partial charge in [0.05, 0.1) is 15.2 Å². The van der Waals surface area contributed by atoms with Crippen molar-refractivity contribution in [3.05, 3.63) is 62.0 Å². The molecule has 0 aliphatic heterocycles. The fraction of sp³-hybridized carbons (Fsp3) is 0. The average molecular weight is 457 g/mol. The molecule has 0 saturated carbocycles. The zero-order valence-corrected chi connectivity index (χ0v) is 15.1. The molecule has 2 amide bonds. The van der Waals surface area contributed by atoms with Gasteiger partial charge in [-0.05, 0) is 67.8 Å². The predicted molar refractivity (Wildman–Crippen MR) is 94.3 cm³/mol. The van der Waals surface area contributed by atoms with Gasteiger partial charge in [-0.1, -0.05) is 6.07 Å². The van der Waals surface area contributed by atoms with Gasteiger partial charge in [-0.15, -0.1) is 0 Å². The van der Waals surface area contributed by atoms with Crippen LogP contribution in [0, 0.1) is 0 Å². The second-order valence-electron chi connectivity index (χ2n) is 4.55. The average Bonchev–Trinajstić information content (AvgIpc) is 2.58. The maximum absolute atomic E-state index is 12.0. The van der Waals surface area contributed by atoms with E-state index in [9.17, 15) is 14.7 Å². The molecule has 0 heterocycles. The number of benzene rings is 2. The number of nitrogens with one attached hydrogen (secondary N) is 2. The van der Waals surface area contributed by atoms with Gasteiger partial charge < -0.3 is 5.11 Å². The van der Waals surface area contributed by atoms with E-state index in [1.807, 2.05) is 0 Å². The third-order valence-corrected chi connectivity index (χ3v) is 4.12. The lowest BCUT2D eigenvalue weighted by molar-refractivity contribution is 0.0706. The second kappa shape index (κ2) is 8.04. The van der Waals surface area contributed by atoms with Crippen molar-refractivity contribution in [1.29, 1.82) is 0 Å². The van der Waals surface area contributed by atoms with E-state index in [1.54, 1.807) is 12.1 Å². The number of hydrogen-bond donors (Lipinski definition) is 4. The Morgan fingerprint density at radius 3 is 2.21 bits per heavy atom. The third-order valence-electron chi connectivity index (χ3n) is 2.91. The van der Waals surface area contributed by atoms with E-state index < -0.39 is 11.8 Å². The van der Waals surface area contributed by atoms with E-state index in [0.29, 0.717) is 14.5 Å². The van der Waals surface area contributed by atoms with E-state index in [4.69, 9.17) is 5.21 Å². The first-order chi connectivity index (χ1) is 11.4. The highest BCUT2D eigenvalue weighted by atomic mass is 79.9. The molecule has 0 fully saturated rings. The number of halogens is 2. The number of amides is 2. The smallest absolute Gasteiger partial charge is 0.274 e. The molecule has 4 N–H and O–H groups in total. The summed E-state index contributed by atoms with van der Waals surface area (Å²) in [4.78, 5) is 23.3. The fourth-order valence-corrected chi connectivity index (χ4v) is 2.98. The quantitative estimate of drug-likeness (QED) is 0.322. The summed E-state index contributed by atoms with van der Waals surface area (Å²) >= 11 is 6.39. The van der Waals surface area contributed by atoms with Gasteiger partial charge >= 0.3 is 0 Å². The molecule has 9 heteroatoms. The van der Waals surface area contributed by atoms with Gasteiger partial charge in [-0.2, -0.15) is 5.10 Å². The molecule has 2 rings (SSSR count). The maximum Gasteiger partial charge on any atom is 0.274 e. The van der Waals surface area contributed by atoms with Crippen molar-refractivity contribution >= 4 is 49.9 Å². The normalized spacial score (nSPS) is 10.6. The van der Waals surface area contributed by atoms with Crippen molar-refractivity contribution in [3.63, 3.8) is 0 Å². The number of nitrogens with zero attached hydrogens (tertiary/aromatic N) is 1. The minimum absolute atomic E-state index is 0.0650. The molecule has 0 spiro atoms. The Bertz CT molecular complexity index is 801. The van der Waals surface area contributed by atoms with Crippen LogP contribution in [0.1, 0.15) is 26.3 Å². The molecule has 0 aromatic heterocycles. The minimum atomic E-state index is -0.716. The number of phenols is 1. The number of carbonyl (C=O) groups excluding carboxylic acids is 2. The molecule has 124 valence electrons. The van der Waals surface area contributed by atoms with Gasteiger partial charge in [-0.3, -0.25) is 14.8 Å². The van der Waals surface area contributed by atoms with Crippen molar-refractivity contribution < 1.29 is 19.9 Å². The predicted octanol–water partition coefficient (Wildman–Crippen LogP) is 2.80. The van der Waals surface area contributed by atoms with Crippen LogP contribution in [0.2, 0.25) is 0 Å². The first-order valence-electron chi connectivity index (χ1n) is 6.48. The standard InChI is InChI=1S/C15H11Br2N3O4/c16-11-4-8(5-12(17)13(11)21)7-18-19-14(22)9-2-1-3-10(6-9)15(23)20-24/h1-7,21,24H,(H,19,22)(H,20,23)/b18-7+. The van der Waals surface area contributed by atoms with Crippen molar-refractivity contribution in [2.24, 2.45) is 5.10 Å². The van der Waals surface area contributed by atoms with E-state index in [0.717, 1.165) is 0 Å². The molecule has 0 radical (unpaired) electrons. The van der Waals surface area contributed by atoms with Crippen LogP contribution < -0.4 is 10.9 Å². The van der Waals surface area contributed by atoms with Crippen LogP contribution in [0.4, 0.5) is 0 Å². The number of aromatic hydroxyl groups is 1. The Morgan fingerprint density at radius 1 is 1.04 bits per heavy atom. The van der Waals surface area contributed by atoms with Crippen LogP contribution in [0.5, 0.6) is 5.75 Å². The molecule has 7 nitrogen and oxygen atoms in total. The molecule has 0 atom stereocenters.